The molecule has 0 bridgehead atoms. The van der Waals surface area contributed by atoms with E-state index in [2.05, 4.69) is 4.84 Å². The third kappa shape index (κ3) is 4.14. The van der Waals surface area contributed by atoms with Crippen LogP contribution in [-0.4, -0.2) is 26.1 Å². The van der Waals surface area contributed by atoms with E-state index < -0.39 is 16.0 Å². The predicted octanol–water partition coefficient (Wildman–Crippen LogP) is 0.544. The van der Waals surface area contributed by atoms with Gasteiger partial charge in [-0.2, -0.15) is 0 Å². The normalized spacial score (nSPS) is 11.4. The lowest BCUT2D eigenvalue weighted by atomic mass is 10.2. The first kappa shape index (κ1) is 13.6. The van der Waals surface area contributed by atoms with Crippen LogP contribution in [0.1, 0.15) is 12.5 Å². The molecule has 0 amide bonds. The van der Waals surface area contributed by atoms with Crippen LogP contribution in [0.3, 0.4) is 0 Å². The molecule has 0 atom stereocenters. The molecular formula is C10H13NO5S. The van der Waals surface area contributed by atoms with Gasteiger partial charge in [-0.1, -0.05) is 17.0 Å². The van der Waals surface area contributed by atoms with E-state index in [4.69, 9.17) is 5.11 Å². The molecule has 1 aromatic carbocycles. The quantitative estimate of drug-likeness (QED) is 0.727. The number of carbonyl (C=O) groups is 1. The van der Waals surface area contributed by atoms with Crippen LogP contribution in [0, 0.1) is 0 Å². The largest absolute Gasteiger partial charge is 0.481 e. The Morgan fingerprint density at radius 3 is 2.41 bits per heavy atom. The summed E-state index contributed by atoms with van der Waals surface area (Å²) in [5, 5.41) is 8.56. The molecule has 0 saturated carbocycles. The minimum Gasteiger partial charge on any atom is -0.481 e. The molecule has 0 heterocycles. The fourth-order valence-corrected chi connectivity index (χ4v) is 2.01. The molecule has 2 N–H and O–H groups in total. The lowest BCUT2D eigenvalue weighted by Gasteiger charge is -2.06. The molecule has 0 spiro atoms. The summed E-state index contributed by atoms with van der Waals surface area (Å²) in [6, 6.07) is 5.57. The smallest absolute Gasteiger partial charge is 0.307 e. The molecule has 0 radical (unpaired) electrons. The summed E-state index contributed by atoms with van der Waals surface area (Å²) in [4.78, 5) is 17.0. The van der Waals surface area contributed by atoms with Gasteiger partial charge in [0.2, 0.25) is 0 Å². The Kier molecular flexibility index (Phi) is 4.62. The van der Waals surface area contributed by atoms with E-state index in [1.54, 1.807) is 6.92 Å². The van der Waals surface area contributed by atoms with Gasteiger partial charge < -0.3 is 5.11 Å². The van der Waals surface area contributed by atoms with Crippen molar-refractivity contribution in [2.75, 3.05) is 6.61 Å². The van der Waals surface area contributed by atoms with E-state index in [1.165, 1.54) is 24.3 Å². The topological polar surface area (TPSA) is 92.7 Å². The Bertz CT molecular complexity index is 480. The zero-order valence-electron chi connectivity index (χ0n) is 9.21. The molecular weight excluding hydrogens is 246 g/mol. The SMILES string of the molecule is CCONS(=O)(=O)c1ccc(CC(=O)O)cc1. The van der Waals surface area contributed by atoms with Gasteiger partial charge in [0.15, 0.2) is 0 Å². The maximum Gasteiger partial charge on any atom is 0.307 e. The number of hydrogen-bond acceptors (Lipinski definition) is 4. The fraction of sp³-hybridized carbons (Fsp3) is 0.300. The molecule has 0 saturated heterocycles. The summed E-state index contributed by atoms with van der Waals surface area (Å²) < 4.78 is 23.1. The summed E-state index contributed by atoms with van der Waals surface area (Å²) in [7, 11) is -3.69. The van der Waals surface area contributed by atoms with E-state index in [1.807, 2.05) is 4.89 Å². The molecule has 1 rings (SSSR count). The molecule has 0 aliphatic heterocycles. The van der Waals surface area contributed by atoms with Gasteiger partial charge in [0, 0.05) is 0 Å². The molecule has 0 fully saturated rings. The third-order valence-corrected chi connectivity index (χ3v) is 3.13. The zero-order chi connectivity index (χ0) is 12.9. The van der Waals surface area contributed by atoms with E-state index >= 15 is 0 Å². The molecule has 7 heteroatoms. The second kappa shape index (κ2) is 5.76. The Hall–Kier alpha value is -1.44. The van der Waals surface area contributed by atoms with E-state index in [-0.39, 0.29) is 17.9 Å². The Balaban J connectivity index is 2.83. The molecule has 1 aromatic rings. The van der Waals surface area contributed by atoms with Gasteiger partial charge in [0.05, 0.1) is 17.9 Å². The fourth-order valence-electron chi connectivity index (χ4n) is 1.15. The number of hydrogen-bond donors (Lipinski definition) is 2. The highest BCUT2D eigenvalue weighted by Gasteiger charge is 2.13. The maximum atomic E-state index is 11.6. The molecule has 94 valence electrons. The Morgan fingerprint density at radius 1 is 1.35 bits per heavy atom. The van der Waals surface area contributed by atoms with Gasteiger partial charge in [-0.25, -0.2) is 8.42 Å². The van der Waals surface area contributed by atoms with E-state index in [0.29, 0.717) is 5.56 Å². The summed E-state index contributed by atoms with van der Waals surface area (Å²) in [5.74, 6) is -0.965. The lowest BCUT2D eigenvalue weighted by molar-refractivity contribution is -0.136. The van der Waals surface area contributed by atoms with Crippen molar-refractivity contribution in [2.24, 2.45) is 0 Å². The lowest BCUT2D eigenvalue weighted by Crippen LogP contribution is -2.23. The van der Waals surface area contributed by atoms with Crippen LogP contribution in [0.2, 0.25) is 0 Å². The van der Waals surface area contributed by atoms with Crippen molar-refractivity contribution in [3.63, 3.8) is 0 Å². The van der Waals surface area contributed by atoms with Gasteiger partial charge in [0.25, 0.3) is 10.0 Å². The number of aliphatic carboxylic acids is 1. The minimum atomic E-state index is -3.69. The minimum absolute atomic E-state index is 0.0279. The Labute approximate surface area is 99.2 Å². The second-order valence-corrected chi connectivity index (χ2v) is 4.88. The molecule has 0 aliphatic rings. The first-order valence-corrected chi connectivity index (χ1v) is 6.38. The highest BCUT2D eigenvalue weighted by Crippen LogP contribution is 2.10. The number of carboxylic acids is 1. The first-order valence-electron chi connectivity index (χ1n) is 4.90. The molecule has 0 unspecified atom stereocenters. The second-order valence-electron chi connectivity index (χ2n) is 3.23. The average Bonchev–Trinajstić information content (AvgIpc) is 2.26. The highest BCUT2D eigenvalue weighted by molar-refractivity contribution is 7.89. The van der Waals surface area contributed by atoms with Crippen LogP contribution in [0.25, 0.3) is 0 Å². The number of rotatable bonds is 6. The van der Waals surface area contributed by atoms with Crippen molar-refractivity contribution >= 4 is 16.0 Å². The van der Waals surface area contributed by atoms with Crippen molar-refractivity contribution in [3.05, 3.63) is 29.8 Å². The Morgan fingerprint density at radius 2 is 1.94 bits per heavy atom. The van der Waals surface area contributed by atoms with Crippen LogP contribution in [0.5, 0.6) is 0 Å². The van der Waals surface area contributed by atoms with E-state index in [9.17, 15) is 13.2 Å². The molecule has 17 heavy (non-hydrogen) atoms. The van der Waals surface area contributed by atoms with Crippen LogP contribution in [0.15, 0.2) is 29.2 Å². The third-order valence-electron chi connectivity index (χ3n) is 1.90. The average molecular weight is 259 g/mol. The predicted molar refractivity (Wildman–Crippen MR) is 59.7 cm³/mol. The number of nitrogens with one attached hydrogen (secondary N) is 1. The first-order chi connectivity index (χ1) is 7.95. The van der Waals surface area contributed by atoms with Gasteiger partial charge in [0.1, 0.15) is 0 Å². The van der Waals surface area contributed by atoms with Gasteiger partial charge in [-0.05, 0) is 24.6 Å². The molecule has 0 aliphatic carbocycles. The van der Waals surface area contributed by atoms with Crippen LogP contribution in [0.4, 0.5) is 0 Å². The number of sulfonamides is 1. The van der Waals surface area contributed by atoms with Crippen molar-refractivity contribution < 1.29 is 23.2 Å². The van der Waals surface area contributed by atoms with Gasteiger partial charge >= 0.3 is 5.97 Å². The summed E-state index contributed by atoms with van der Waals surface area (Å²) in [6.45, 7) is 1.87. The van der Waals surface area contributed by atoms with Crippen molar-refractivity contribution in [2.45, 2.75) is 18.2 Å². The monoisotopic (exact) mass is 259 g/mol. The highest BCUT2D eigenvalue weighted by atomic mass is 32.2. The zero-order valence-corrected chi connectivity index (χ0v) is 10.0. The van der Waals surface area contributed by atoms with Gasteiger partial charge in [-0.3, -0.25) is 9.63 Å². The molecule has 6 nitrogen and oxygen atoms in total. The van der Waals surface area contributed by atoms with Gasteiger partial charge in [-0.15, -0.1) is 0 Å². The van der Waals surface area contributed by atoms with Crippen molar-refractivity contribution in [3.8, 4) is 0 Å². The standard InChI is InChI=1S/C10H13NO5S/c1-2-16-11-17(14,15)9-5-3-8(4-6-9)7-10(12)13/h3-6,11H,2,7H2,1H3,(H,12,13). The van der Waals surface area contributed by atoms with E-state index in [0.717, 1.165) is 0 Å². The molecule has 0 aromatic heterocycles. The van der Waals surface area contributed by atoms with Crippen LogP contribution < -0.4 is 4.89 Å². The summed E-state index contributed by atoms with van der Waals surface area (Å²) in [5.41, 5.74) is 0.535. The number of benzene rings is 1. The maximum absolute atomic E-state index is 11.6. The summed E-state index contributed by atoms with van der Waals surface area (Å²) in [6.07, 6.45) is -0.140. The summed E-state index contributed by atoms with van der Waals surface area (Å²) >= 11 is 0. The van der Waals surface area contributed by atoms with Crippen molar-refractivity contribution in [1.82, 2.24) is 4.89 Å². The van der Waals surface area contributed by atoms with Crippen LogP contribution >= 0.6 is 0 Å². The number of carboxylic acid groups (broad SMARTS) is 1. The van der Waals surface area contributed by atoms with Crippen molar-refractivity contribution in [1.29, 1.82) is 0 Å². The van der Waals surface area contributed by atoms with Crippen LogP contribution in [-0.2, 0) is 26.1 Å².